The number of allylic oxidation sites excluding steroid dienone is 1. The predicted octanol–water partition coefficient (Wildman–Crippen LogP) is 3.97. The van der Waals surface area contributed by atoms with Crippen molar-refractivity contribution < 1.29 is 19.1 Å². The number of rotatable bonds is 5. The van der Waals surface area contributed by atoms with Gasteiger partial charge in [0, 0.05) is 29.0 Å². The van der Waals surface area contributed by atoms with Crippen LogP contribution in [-0.4, -0.2) is 38.1 Å². The summed E-state index contributed by atoms with van der Waals surface area (Å²) in [5.41, 5.74) is 2.15. The fraction of sp³-hybridized carbons (Fsp3) is 0.238. The molecule has 2 aromatic rings. The molecule has 0 saturated heterocycles. The normalized spacial score (nSPS) is 16.4. The molecule has 0 fully saturated rings. The first-order chi connectivity index (χ1) is 13.8. The number of amides is 3. The molecule has 1 heterocycles. The van der Waals surface area contributed by atoms with Crippen LogP contribution in [0.25, 0.3) is 0 Å². The van der Waals surface area contributed by atoms with Crippen molar-refractivity contribution in [1.29, 1.82) is 0 Å². The monoisotopic (exact) mass is 415 g/mol. The van der Waals surface area contributed by atoms with Gasteiger partial charge in [0.1, 0.15) is 11.5 Å². The molecule has 0 saturated carbocycles. The summed E-state index contributed by atoms with van der Waals surface area (Å²) < 4.78 is 10.8. The van der Waals surface area contributed by atoms with Crippen molar-refractivity contribution in [3.8, 4) is 11.5 Å². The summed E-state index contributed by atoms with van der Waals surface area (Å²) >= 11 is 5.92. The number of hydrogen-bond acceptors (Lipinski definition) is 4. The van der Waals surface area contributed by atoms with Gasteiger partial charge in [0.2, 0.25) is 0 Å². The Morgan fingerprint density at radius 3 is 2.45 bits per heavy atom. The fourth-order valence-corrected chi connectivity index (χ4v) is 3.29. The average molecular weight is 416 g/mol. The standard InChI is InChI=1S/C21H22ClN3O4/c1-12-18(20(26)23-14-7-5-13(22)6-8-14)19(24-21(27)25(12)2)16-11-15(28-3)9-10-17(16)29-4/h5-11,19H,1-4H3,(H,23,26)(H,24,27). The van der Waals surface area contributed by atoms with E-state index in [2.05, 4.69) is 10.6 Å². The predicted molar refractivity (Wildman–Crippen MR) is 111 cm³/mol. The Labute approximate surface area is 174 Å². The van der Waals surface area contributed by atoms with E-state index < -0.39 is 6.04 Å². The zero-order valence-electron chi connectivity index (χ0n) is 16.6. The zero-order chi connectivity index (χ0) is 21.1. The van der Waals surface area contributed by atoms with Crippen molar-refractivity contribution in [2.75, 3.05) is 26.6 Å². The molecule has 3 amide bonds. The van der Waals surface area contributed by atoms with E-state index in [1.165, 1.54) is 12.0 Å². The van der Waals surface area contributed by atoms with Gasteiger partial charge in [-0.05, 0) is 49.4 Å². The second-order valence-electron chi connectivity index (χ2n) is 6.51. The molecule has 3 rings (SSSR count). The van der Waals surface area contributed by atoms with Gasteiger partial charge < -0.3 is 25.0 Å². The molecule has 2 N–H and O–H groups in total. The quantitative estimate of drug-likeness (QED) is 0.774. The first-order valence-corrected chi connectivity index (χ1v) is 9.27. The highest BCUT2D eigenvalue weighted by Crippen LogP contribution is 2.37. The van der Waals surface area contributed by atoms with Crippen molar-refractivity contribution in [2.45, 2.75) is 13.0 Å². The Bertz CT molecular complexity index is 972. The molecule has 0 radical (unpaired) electrons. The minimum absolute atomic E-state index is 0.319. The van der Waals surface area contributed by atoms with E-state index in [4.69, 9.17) is 21.1 Å². The number of hydrogen-bond donors (Lipinski definition) is 2. The summed E-state index contributed by atoms with van der Waals surface area (Å²) in [6.07, 6.45) is 0. The maximum absolute atomic E-state index is 13.2. The molecular formula is C21H22ClN3O4. The van der Waals surface area contributed by atoms with E-state index in [1.807, 2.05) is 0 Å². The van der Waals surface area contributed by atoms with E-state index in [-0.39, 0.29) is 11.9 Å². The molecule has 1 aliphatic heterocycles. The van der Waals surface area contributed by atoms with Crippen LogP contribution in [0.3, 0.4) is 0 Å². The van der Waals surface area contributed by atoms with Crippen LogP contribution in [0.2, 0.25) is 5.02 Å². The summed E-state index contributed by atoms with van der Waals surface area (Å²) in [5, 5.41) is 6.31. The zero-order valence-corrected chi connectivity index (χ0v) is 17.3. The molecule has 0 bridgehead atoms. The topological polar surface area (TPSA) is 79.9 Å². The molecule has 1 atom stereocenters. The number of carbonyl (C=O) groups excluding carboxylic acids is 2. The van der Waals surface area contributed by atoms with E-state index in [0.29, 0.717) is 39.0 Å². The summed E-state index contributed by atoms with van der Waals surface area (Å²) in [7, 11) is 4.69. The molecule has 0 spiro atoms. The maximum Gasteiger partial charge on any atom is 0.322 e. The lowest BCUT2D eigenvalue weighted by molar-refractivity contribution is -0.113. The highest BCUT2D eigenvalue weighted by atomic mass is 35.5. The lowest BCUT2D eigenvalue weighted by Gasteiger charge is -2.34. The Morgan fingerprint density at radius 2 is 1.83 bits per heavy atom. The molecule has 2 aromatic carbocycles. The number of urea groups is 1. The van der Waals surface area contributed by atoms with Crippen LogP contribution in [0, 0.1) is 0 Å². The maximum atomic E-state index is 13.2. The summed E-state index contributed by atoms with van der Waals surface area (Å²) in [6, 6.07) is 11.0. The Balaban J connectivity index is 2.06. The van der Waals surface area contributed by atoms with Crippen molar-refractivity contribution in [1.82, 2.24) is 10.2 Å². The van der Waals surface area contributed by atoms with Crippen molar-refractivity contribution in [3.05, 3.63) is 64.3 Å². The third-order valence-corrected chi connectivity index (χ3v) is 5.10. The summed E-state index contributed by atoms with van der Waals surface area (Å²) in [6.45, 7) is 1.73. The second kappa shape index (κ2) is 8.45. The van der Waals surface area contributed by atoms with Crippen molar-refractivity contribution in [2.24, 2.45) is 0 Å². The Kier molecular flexibility index (Phi) is 5.98. The van der Waals surface area contributed by atoms with E-state index >= 15 is 0 Å². The van der Waals surface area contributed by atoms with Crippen LogP contribution in [0.15, 0.2) is 53.7 Å². The fourth-order valence-electron chi connectivity index (χ4n) is 3.16. The molecular weight excluding hydrogens is 394 g/mol. The lowest BCUT2D eigenvalue weighted by atomic mass is 9.93. The van der Waals surface area contributed by atoms with Gasteiger partial charge in [-0.3, -0.25) is 4.79 Å². The number of carbonyl (C=O) groups is 2. The molecule has 0 aromatic heterocycles. The van der Waals surface area contributed by atoms with Crippen LogP contribution < -0.4 is 20.1 Å². The number of methoxy groups -OCH3 is 2. The Hall–Kier alpha value is -3.19. The first-order valence-electron chi connectivity index (χ1n) is 8.89. The molecule has 0 aliphatic carbocycles. The molecule has 152 valence electrons. The number of halogens is 1. The highest BCUT2D eigenvalue weighted by Gasteiger charge is 2.35. The SMILES string of the molecule is COc1ccc(OC)c(C2NC(=O)N(C)C(C)=C2C(=O)Nc2ccc(Cl)cc2)c1. The number of nitrogens with zero attached hydrogens (tertiary/aromatic N) is 1. The van der Waals surface area contributed by atoms with Gasteiger partial charge in [-0.25, -0.2) is 4.79 Å². The third-order valence-electron chi connectivity index (χ3n) is 4.85. The number of ether oxygens (including phenoxy) is 2. The smallest absolute Gasteiger partial charge is 0.322 e. The molecule has 1 aliphatic rings. The van der Waals surface area contributed by atoms with Crippen molar-refractivity contribution >= 4 is 29.2 Å². The molecule has 1 unspecified atom stereocenters. The largest absolute Gasteiger partial charge is 0.497 e. The molecule has 29 heavy (non-hydrogen) atoms. The number of anilines is 1. The Morgan fingerprint density at radius 1 is 1.14 bits per heavy atom. The third kappa shape index (κ3) is 4.14. The molecule has 8 heteroatoms. The van der Waals surface area contributed by atoms with Crippen LogP contribution in [-0.2, 0) is 4.79 Å². The molecule has 7 nitrogen and oxygen atoms in total. The lowest BCUT2D eigenvalue weighted by Crippen LogP contribution is -2.46. The average Bonchev–Trinajstić information content (AvgIpc) is 2.72. The highest BCUT2D eigenvalue weighted by molar-refractivity contribution is 6.30. The van der Waals surface area contributed by atoms with Gasteiger partial charge in [0.05, 0.1) is 25.8 Å². The minimum Gasteiger partial charge on any atom is -0.497 e. The van der Waals surface area contributed by atoms with Gasteiger partial charge >= 0.3 is 6.03 Å². The van der Waals surface area contributed by atoms with Gasteiger partial charge in [-0.15, -0.1) is 0 Å². The van der Waals surface area contributed by atoms with Crippen LogP contribution in [0.4, 0.5) is 10.5 Å². The number of nitrogens with one attached hydrogen (secondary N) is 2. The summed E-state index contributed by atoms with van der Waals surface area (Å²) in [5.74, 6) is 0.779. The van der Waals surface area contributed by atoms with Crippen LogP contribution in [0.5, 0.6) is 11.5 Å². The van der Waals surface area contributed by atoms with Gasteiger partial charge in [-0.1, -0.05) is 11.6 Å². The van der Waals surface area contributed by atoms with E-state index in [1.54, 1.807) is 63.5 Å². The minimum atomic E-state index is -0.712. The van der Waals surface area contributed by atoms with Gasteiger partial charge in [-0.2, -0.15) is 0 Å². The van der Waals surface area contributed by atoms with E-state index in [9.17, 15) is 9.59 Å². The van der Waals surface area contributed by atoms with E-state index in [0.717, 1.165) is 0 Å². The second-order valence-corrected chi connectivity index (χ2v) is 6.95. The van der Waals surface area contributed by atoms with Crippen LogP contribution in [0.1, 0.15) is 18.5 Å². The van der Waals surface area contributed by atoms with Crippen LogP contribution >= 0.6 is 11.6 Å². The number of benzene rings is 2. The first kappa shape index (κ1) is 20.5. The summed E-state index contributed by atoms with van der Waals surface area (Å²) in [4.78, 5) is 27.1. The van der Waals surface area contributed by atoms with Crippen molar-refractivity contribution in [3.63, 3.8) is 0 Å². The van der Waals surface area contributed by atoms with Gasteiger partial charge in [0.25, 0.3) is 5.91 Å². The van der Waals surface area contributed by atoms with Gasteiger partial charge in [0.15, 0.2) is 0 Å².